The van der Waals surface area contributed by atoms with Gasteiger partial charge in [-0.25, -0.2) is 0 Å². The fraction of sp³-hybridized carbons (Fsp3) is 1.00. The monoisotopic (exact) mass is 262 g/mol. The van der Waals surface area contributed by atoms with E-state index in [0.29, 0.717) is 12.2 Å². The molecule has 2 nitrogen and oxygen atoms in total. The molecule has 0 N–H and O–H groups in total. The first kappa shape index (κ1) is 13.1. The van der Waals surface area contributed by atoms with Crippen LogP contribution >= 0.6 is 23.5 Å². The molecule has 0 amide bonds. The van der Waals surface area contributed by atoms with Gasteiger partial charge in [-0.05, 0) is 26.7 Å². The Kier molecular flexibility index (Phi) is 5.33. The maximum absolute atomic E-state index is 5.57. The van der Waals surface area contributed by atoms with Crippen molar-refractivity contribution in [2.45, 2.75) is 49.4 Å². The maximum Gasteiger partial charge on any atom is 0.0666 e. The van der Waals surface area contributed by atoms with Crippen LogP contribution in [-0.4, -0.2) is 47.4 Å². The van der Waals surface area contributed by atoms with Crippen molar-refractivity contribution in [3.63, 3.8) is 0 Å². The third kappa shape index (κ3) is 3.56. The topological polar surface area (TPSA) is 18.5 Å². The smallest absolute Gasteiger partial charge is 0.0666 e. The summed E-state index contributed by atoms with van der Waals surface area (Å²) in [6.45, 7) is 6.31. The summed E-state index contributed by atoms with van der Waals surface area (Å²) in [5, 5.41) is 1.47. The van der Waals surface area contributed by atoms with Gasteiger partial charge in [-0.2, -0.15) is 23.5 Å². The molecule has 0 aromatic rings. The molecule has 2 saturated heterocycles. The number of rotatable bonds is 5. The summed E-state index contributed by atoms with van der Waals surface area (Å²) in [6.07, 6.45) is 3.39. The molecule has 2 aliphatic rings. The van der Waals surface area contributed by atoms with E-state index in [1.807, 2.05) is 0 Å². The van der Waals surface area contributed by atoms with Gasteiger partial charge in [-0.15, -0.1) is 0 Å². The van der Waals surface area contributed by atoms with Crippen molar-refractivity contribution >= 4 is 23.5 Å². The average molecular weight is 262 g/mol. The van der Waals surface area contributed by atoms with Crippen LogP contribution in [0.1, 0.15) is 26.7 Å². The molecule has 4 atom stereocenters. The highest BCUT2D eigenvalue weighted by molar-refractivity contribution is 8.03. The lowest BCUT2D eigenvalue weighted by Crippen LogP contribution is -2.16. The van der Waals surface area contributed by atoms with Crippen molar-refractivity contribution in [3.05, 3.63) is 0 Å². The number of hydrogen-bond donors (Lipinski definition) is 0. The summed E-state index contributed by atoms with van der Waals surface area (Å²) in [5.74, 6) is 2.51. The Bertz CT molecular complexity index is 191. The van der Waals surface area contributed by atoms with E-state index in [1.165, 1.54) is 24.3 Å². The van der Waals surface area contributed by atoms with Crippen molar-refractivity contribution in [1.82, 2.24) is 0 Å². The molecule has 0 unspecified atom stereocenters. The lowest BCUT2D eigenvalue weighted by Gasteiger charge is -2.15. The first-order chi connectivity index (χ1) is 7.77. The Morgan fingerprint density at radius 1 is 0.875 bits per heavy atom. The zero-order valence-corrected chi connectivity index (χ0v) is 11.8. The van der Waals surface area contributed by atoms with Gasteiger partial charge < -0.3 is 9.47 Å². The Labute approximate surface area is 107 Å². The number of thioether (sulfide) groups is 2. The van der Waals surface area contributed by atoms with Gasteiger partial charge in [0.2, 0.25) is 0 Å². The van der Waals surface area contributed by atoms with Crippen LogP contribution in [0.2, 0.25) is 0 Å². The van der Waals surface area contributed by atoms with Gasteiger partial charge >= 0.3 is 0 Å². The fourth-order valence-electron chi connectivity index (χ4n) is 2.26. The van der Waals surface area contributed by atoms with Gasteiger partial charge in [0.25, 0.3) is 0 Å². The quantitative estimate of drug-likeness (QED) is 0.709. The third-order valence-electron chi connectivity index (χ3n) is 3.36. The maximum atomic E-state index is 5.57. The zero-order chi connectivity index (χ0) is 11.4. The van der Waals surface area contributed by atoms with Crippen LogP contribution < -0.4 is 0 Å². The molecule has 94 valence electrons. The molecule has 0 aromatic heterocycles. The second-order valence-electron chi connectivity index (χ2n) is 4.55. The Hall–Kier alpha value is 0.620. The minimum absolute atomic E-state index is 0.462. The van der Waals surface area contributed by atoms with Crippen LogP contribution in [0, 0.1) is 0 Å². The minimum Gasteiger partial charge on any atom is -0.377 e. The van der Waals surface area contributed by atoms with Crippen LogP contribution in [0.25, 0.3) is 0 Å². The van der Waals surface area contributed by atoms with Crippen molar-refractivity contribution in [3.8, 4) is 0 Å². The molecule has 0 spiro atoms. The summed E-state index contributed by atoms with van der Waals surface area (Å²) in [5.41, 5.74) is 0. The van der Waals surface area contributed by atoms with Crippen LogP contribution in [-0.2, 0) is 9.47 Å². The molecule has 16 heavy (non-hydrogen) atoms. The zero-order valence-electron chi connectivity index (χ0n) is 10.2. The van der Waals surface area contributed by atoms with E-state index in [0.717, 1.165) is 23.7 Å². The largest absolute Gasteiger partial charge is 0.377 e. The van der Waals surface area contributed by atoms with Crippen molar-refractivity contribution in [1.29, 1.82) is 0 Å². The van der Waals surface area contributed by atoms with E-state index in [-0.39, 0.29) is 0 Å². The normalized spacial score (nSPS) is 39.4. The van der Waals surface area contributed by atoms with Crippen molar-refractivity contribution in [2.75, 3.05) is 24.7 Å². The average Bonchev–Trinajstić information content (AvgIpc) is 2.84. The van der Waals surface area contributed by atoms with E-state index in [9.17, 15) is 0 Å². The molecule has 0 aliphatic carbocycles. The van der Waals surface area contributed by atoms with E-state index < -0.39 is 0 Å². The lowest BCUT2D eigenvalue weighted by atomic mass is 10.3. The highest BCUT2D eigenvalue weighted by Gasteiger charge is 2.26. The van der Waals surface area contributed by atoms with Crippen molar-refractivity contribution < 1.29 is 9.47 Å². The van der Waals surface area contributed by atoms with E-state index in [1.54, 1.807) is 0 Å². The first-order valence-corrected chi connectivity index (χ1v) is 8.33. The van der Waals surface area contributed by atoms with E-state index in [4.69, 9.17) is 9.47 Å². The fourth-order valence-corrected chi connectivity index (χ4v) is 4.86. The number of ether oxygens (including phenoxy) is 2. The predicted octanol–water partition coefficient (Wildman–Crippen LogP) is 2.81. The van der Waals surface area contributed by atoms with Crippen LogP contribution in [0.3, 0.4) is 0 Å². The van der Waals surface area contributed by atoms with E-state index >= 15 is 0 Å². The molecule has 2 fully saturated rings. The molecule has 4 heteroatoms. The predicted molar refractivity (Wildman–Crippen MR) is 72.6 cm³/mol. The van der Waals surface area contributed by atoms with Gasteiger partial charge in [0.05, 0.1) is 12.2 Å². The summed E-state index contributed by atoms with van der Waals surface area (Å²) in [7, 11) is 0. The minimum atomic E-state index is 0.462. The van der Waals surface area contributed by atoms with Crippen LogP contribution in [0.15, 0.2) is 0 Å². The summed E-state index contributed by atoms with van der Waals surface area (Å²) in [4.78, 5) is 0. The first-order valence-electron chi connectivity index (χ1n) is 6.24. The van der Waals surface area contributed by atoms with E-state index in [2.05, 4.69) is 37.4 Å². The summed E-state index contributed by atoms with van der Waals surface area (Å²) < 4.78 is 11.1. The SMILES string of the molecule is C[C@@H]1OCC[C@@H]1SCCS[C@H]1CCO[C@H]1C. The standard InChI is InChI=1S/C12H22O2S2/c1-9-11(3-5-13-9)15-7-8-16-12-4-6-14-10(12)2/h9-12H,3-8H2,1-2H3/t9-,10-,11-,12-/m0/s1. The molecule has 0 radical (unpaired) electrons. The van der Waals surface area contributed by atoms with Gasteiger partial charge in [-0.3, -0.25) is 0 Å². The van der Waals surface area contributed by atoms with Crippen LogP contribution in [0.4, 0.5) is 0 Å². The molecular weight excluding hydrogens is 240 g/mol. The van der Waals surface area contributed by atoms with Crippen molar-refractivity contribution in [2.24, 2.45) is 0 Å². The Morgan fingerprint density at radius 2 is 1.31 bits per heavy atom. The summed E-state index contributed by atoms with van der Waals surface area (Å²) in [6, 6.07) is 0. The lowest BCUT2D eigenvalue weighted by molar-refractivity contribution is 0.127. The molecule has 2 rings (SSSR count). The second-order valence-corrected chi connectivity index (χ2v) is 7.24. The Balaban J connectivity index is 1.54. The Morgan fingerprint density at radius 3 is 1.62 bits per heavy atom. The summed E-state index contributed by atoms with van der Waals surface area (Å²) >= 11 is 4.18. The third-order valence-corrected chi connectivity index (χ3v) is 6.59. The van der Waals surface area contributed by atoms with Gasteiger partial charge in [0.15, 0.2) is 0 Å². The molecule has 0 saturated carbocycles. The molecule has 0 bridgehead atoms. The highest BCUT2D eigenvalue weighted by atomic mass is 32.2. The van der Waals surface area contributed by atoms with Gasteiger partial charge in [0.1, 0.15) is 0 Å². The molecule has 2 heterocycles. The second kappa shape index (κ2) is 6.53. The van der Waals surface area contributed by atoms with Crippen LogP contribution in [0.5, 0.6) is 0 Å². The van der Waals surface area contributed by atoms with Gasteiger partial charge in [-0.1, -0.05) is 0 Å². The van der Waals surface area contributed by atoms with Gasteiger partial charge in [0, 0.05) is 35.2 Å². The number of hydrogen-bond acceptors (Lipinski definition) is 4. The molecule has 2 aliphatic heterocycles. The highest BCUT2D eigenvalue weighted by Crippen LogP contribution is 2.30. The molecule has 0 aromatic carbocycles. The molecular formula is C12H22O2S2.